The molecule has 0 amide bonds. The summed E-state index contributed by atoms with van der Waals surface area (Å²) >= 11 is 0. The van der Waals surface area contributed by atoms with Crippen molar-refractivity contribution >= 4 is 0 Å². The first-order valence-electron chi connectivity index (χ1n) is 4.80. The lowest BCUT2D eigenvalue weighted by molar-refractivity contribution is -0.137. The van der Waals surface area contributed by atoms with Gasteiger partial charge in [0.2, 0.25) is 0 Å². The maximum atomic E-state index is 12.7. The van der Waals surface area contributed by atoms with E-state index in [9.17, 15) is 13.2 Å². The van der Waals surface area contributed by atoms with Crippen LogP contribution in [0.2, 0.25) is 0 Å². The maximum Gasteiger partial charge on any atom is 0.417 e. The Morgan fingerprint density at radius 1 is 0.706 bits per heavy atom. The van der Waals surface area contributed by atoms with Crippen molar-refractivity contribution in [2.75, 3.05) is 0 Å². The minimum atomic E-state index is -4.31. The average molecular weight is 238 g/mol. The summed E-state index contributed by atoms with van der Waals surface area (Å²) in [5.74, 6) is 0. The Kier molecular flexibility index (Phi) is 3.94. The molecule has 0 saturated carbocycles. The van der Waals surface area contributed by atoms with Crippen molar-refractivity contribution < 1.29 is 13.2 Å². The Bertz CT molecular complexity index is 472. The minimum Gasteiger partial charge on any atom is -0.166 e. The molecule has 2 rings (SSSR count). The highest BCUT2D eigenvalue weighted by atomic mass is 19.4. The highest BCUT2D eigenvalue weighted by molar-refractivity contribution is 5.67. The fourth-order valence-corrected chi connectivity index (χ4v) is 1.60. The first-order valence-corrected chi connectivity index (χ1v) is 4.80. The fraction of sp³-hybridized carbons (Fsp3) is 0.143. The van der Waals surface area contributed by atoms with E-state index in [2.05, 4.69) is 0 Å². The highest BCUT2D eigenvalue weighted by Crippen LogP contribution is 2.36. The summed E-state index contributed by atoms with van der Waals surface area (Å²) < 4.78 is 38.2. The molecule has 0 bridgehead atoms. The van der Waals surface area contributed by atoms with Gasteiger partial charge >= 0.3 is 6.18 Å². The van der Waals surface area contributed by atoms with Crippen LogP contribution in [0.1, 0.15) is 13.0 Å². The number of hydrogen-bond acceptors (Lipinski definition) is 0. The van der Waals surface area contributed by atoms with Crippen molar-refractivity contribution in [3.8, 4) is 11.1 Å². The number of benzene rings is 2. The van der Waals surface area contributed by atoms with Crippen LogP contribution in [0.25, 0.3) is 11.1 Å². The molecule has 0 atom stereocenters. The second-order valence-corrected chi connectivity index (χ2v) is 3.41. The topological polar surface area (TPSA) is 0 Å². The van der Waals surface area contributed by atoms with Crippen LogP contribution in [0.15, 0.2) is 54.6 Å². The van der Waals surface area contributed by atoms with Crippen molar-refractivity contribution in [2.45, 2.75) is 13.6 Å². The number of rotatable bonds is 1. The lowest BCUT2D eigenvalue weighted by Crippen LogP contribution is -2.06. The van der Waals surface area contributed by atoms with Crippen LogP contribution in [-0.4, -0.2) is 0 Å². The van der Waals surface area contributed by atoms with Gasteiger partial charge < -0.3 is 0 Å². The molecular formula is C14H13F3. The summed E-state index contributed by atoms with van der Waals surface area (Å²) in [6.07, 6.45) is -4.31. The Hall–Kier alpha value is -1.77. The fourth-order valence-electron chi connectivity index (χ4n) is 1.60. The first-order chi connectivity index (χ1) is 7.59. The molecule has 0 nitrogen and oxygen atoms in total. The molecule has 0 saturated heterocycles. The van der Waals surface area contributed by atoms with Gasteiger partial charge in [-0.05, 0) is 17.2 Å². The molecule has 0 radical (unpaired) electrons. The predicted molar refractivity (Wildman–Crippen MR) is 63.6 cm³/mol. The maximum absolute atomic E-state index is 12.7. The van der Waals surface area contributed by atoms with Gasteiger partial charge in [-0.1, -0.05) is 56.0 Å². The second-order valence-electron chi connectivity index (χ2n) is 3.41. The van der Waals surface area contributed by atoms with Gasteiger partial charge in [-0.15, -0.1) is 0 Å². The molecule has 0 aliphatic carbocycles. The van der Waals surface area contributed by atoms with E-state index >= 15 is 0 Å². The van der Waals surface area contributed by atoms with Crippen molar-refractivity contribution in [3.63, 3.8) is 0 Å². The molecule has 2 aromatic rings. The van der Waals surface area contributed by atoms with Crippen molar-refractivity contribution in [1.29, 1.82) is 0 Å². The smallest absolute Gasteiger partial charge is 0.166 e. The zero-order valence-electron chi connectivity index (χ0n) is 8.33. The lowest BCUT2D eigenvalue weighted by atomic mass is 9.99. The Morgan fingerprint density at radius 3 is 1.82 bits per heavy atom. The zero-order chi connectivity index (χ0) is 11.6. The summed E-state index contributed by atoms with van der Waals surface area (Å²) in [6, 6.07) is 14.2. The SMILES string of the molecule is C.FC(F)(F)c1ccccc1-c1ccccc1. The van der Waals surface area contributed by atoms with Gasteiger partial charge in [-0.2, -0.15) is 13.2 Å². The van der Waals surface area contributed by atoms with Crippen LogP contribution < -0.4 is 0 Å². The van der Waals surface area contributed by atoms with Crippen LogP contribution in [-0.2, 0) is 6.18 Å². The molecule has 0 unspecified atom stereocenters. The molecule has 0 aliphatic heterocycles. The Balaban J connectivity index is 0.00000144. The van der Waals surface area contributed by atoms with Gasteiger partial charge in [0, 0.05) is 0 Å². The molecule has 90 valence electrons. The van der Waals surface area contributed by atoms with E-state index in [0.29, 0.717) is 5.56 Å². The van der Waals surface area contributed by atoms with E-state index in [4.69, 9.17) is 0 Å². The van der Waals surface area contributed by atoms with Gasteiger partial charge in [0.05, 0.1) is 5.56 Å². The van der Waals surface area contributed by atoms with E-state index in [0.717, 1.165) is 6.07 Å². The van der Waals surface area contributed by atoms with Crippen LogP contribution in [0.4, 0.5) is 13.2 Å². The molecule has 3 heteroatoms. The summed E-state index contributed by atoms with van der Waals surface area (Å²) in [7, 11) is 0. The molecule has 17 heavy (non-hydrogen) atoms. The predicted octanol–water partition coefficient (Wildman–Crippen LogP) is 5.01. The van der Waals surface area contributed by atoms with Crippen molar-refractivity contribution in [2.24, 2.45) is 0 Å². The highest BCUT2D eigenvalue weighted by Gasteiger charge is 2.33. The summed E-state index contributed by atoms with van der Waals surface area (Å²) in [5.41, 5.74) is 0.201. The third-order valence-electron chi connectivity index (χ3n) is 2.32. The number of halogens is 3. The quantitative estimate of drug-likeness (QED) is 0.655. The molecule has 0 N–H and O–H groups in total. The van der Waals surface area contributed by atoms with Gasteiger partial charge in [-0.25, -0.2) is 0 Å². The van der Waals surface area contributed by atoms with E-state index in [1.165, 1.54) is 12.1 Å². The van der Waals surface area contributed by atoms with Crippen LogP contribution >= 0.6 is 0 Å². The van der Waals surface area contributed by atoms with Gasteiger partial charge in [-0.3, -0.25) is 0 Å². The van der Waals surface area contributed by atoms with Gasteiger partial charge in [0.1, 0.15) is 0 Å². The lowest BCUT2D eigenvalue weighted by Gasteiger charge is -2.12. The van der Waals surface area contributed by atoms with E-state index in [1.807, 2.05) is 0 Å². The zero-order valence-corrected chi connectivity index (χ0v) is 8.33. The first kappa shape index (κ1) is 13.3. The van der Waals surface area contributed by atoms with E-state index in [-0.39, 0.29) is 13.0 Å². The molecule has 0 fully saturated rings. The third kappa shape index (κ3) is 2.87. The number of hydrogen-bond donors (Lipinski definition) is 0. The van der Waals surface area contributed by atoms with Crippen LogP contribution in [0, 0.1) is 0 Å². The molecule has 2 aromatic carbocycles. The standard InChI is InChI=1S/C13H9F3.CH4/c14-13(15,16)12-9-5-4-8-11(12)10-6-2-1-3-7-10;/h1-9H;1H4. The summed E-state index contributed by atoms with van der Waals surface area (Å²) in [4.78, 5) is 0. The average Bonchev–Trinajstić information content (AvgIpc) is 2.29. The second kappa shape index (κ2) is 5.04. The van der Waals surface area contributed by atoms with Crippen LogP contribution in [0.3, 0.4) is 0 Å². The molecule has 0 aliphatic rings. The Labute approximate surface area is 98.7 Å². The summed E-state index contributed by atoms with van der Waals surface area (Å²) in [5, 5.41) is 0. The summed E-state index contributed by atoms with van der Waals surface area (Å²) in [6.45, 7) is 0. The normalized spacial score (nSPS) is 10.8. The van der Waals surface area contributed by atoms with Crippen LogP contribution in [0.5, 0.6) is 0 Å². The van der Waals surface area contributed by atoms with E-state index < -0.39 is 11.7 Å². The van der Waals surface area contributed by atoms with Gasteiger partial charge in [0.15, 0.2) is 0 Å². The van der Waals surface area contributed by atoms with Crippen molar-refractivity contribution in [1.82, 2.24) is 0 Å². The largest absolute Gasteiger partial charge is 0.417 e. The monoisotopic (exact) mass is 238 g/mol. The molecule has 0 aromatic heterocycles. The molecule has 0 heterocycles. The third-order valence-corrected chi connectivity index (χ3v) is 2.32. The van der Waals surface area contributed by atoms with Gasteiger partial charge in [0.25, 0.3) is 0 Å². The number of alkyl halides is 3. The Morgan fingerprint density at radius 2 is 1.24 bits per heavy atom. The molecule has 0 spiro atoms. The minimum absolute atomic E-state index is 0. The van der Waals surface area contributed by atoms with E-state index in [1.54, 1.807) is 36.4 Å². The van der Waals surface area contributed by atoms with Crippen molar-refractivity contribution in [3.05, 3.63) is 60.2 Å². The molecular weight excluding hydrogens is 225 g/mol.